The van der Waals surface area contributed by atoms with Crippen molar-refractivity contribution in [2.45, 2.75) is 26.3 Å². The number of methoxy groups -OCH3 is 2. The van der Waals surface area contributed by atoms with E-state index >= 15 is 0 Å². The maximum Gasteiger partial charge on any atom is 0.338 e. The lowest BCUT2D eigenvalue weighted by molar-refractivity contribution is -0.136. The van der Waals surface area contributed by atoms with Crippen molar-refractivity contribution < 1.29 is 23.4 Å². The van der Waals surface area contributed by atoms with Gasteiger partial charge in [0.25, 0.3) is 5.56 Å². The van der Waals surface area contributed by atoms with Gasteiger partial charge in [0.2, 0.25) is 0 Å². The number of nitrogens with zero attached hydrogens (tertiary/aromatic N) is 2. The van der Waals surface area contributed by atoms with Crippen LogP contribution in [-0.4, -0.2) is 31.4 Å². The fourth-order valence-corrected chi connectivity index (χ4v) is 4.78. The van der Waals surface area contributed by atoms with Gasteiger partial charge in [-0.15, -0.1) is 0 Å². The van der Waals surface area contributed by atoms with Crippen LogP contribution in [0.5, 0.6) is 11.5 Å². The SMILES string of the molecule is CCCOc1c(OC)cccc1[C@H]1C(C(=O)OC)=C(C)N=c2s/c(=C\c3ccco3)c(=O)n21. The van der Waals surface area contributed by atoms with Crippen molar-refractivity contribution in [3.05, 3.63) is 78.9 Å². The number of thiazole rings is 1. The number of aromatic nitrogens is 1. The minimum atomic E-state index is -0.797. The molecule has 172 valence electrons. The number of benzene rings is 1. The number of fused-ring (bicyclic) bond motifs is 1. The molecule has 8 nitrogen and oxygen atoms in total. The Hall–Kier alpha value is -3.59. The minimum absolute atomic E-state index is 0.268. The molecule has 0 unspecified atom stereocenters. The Morgan fingerprint density at radius 1 is 1.27 bits per heavy atom. The molecular weight excluding hydrogens is 444 g/mol. The highest BCUT2D eigenvalue weighted by molar-refractivity contribution is 7.07. The van der Waals surface area contributed by atoms with Gasteiger partial charge < -0.3 is 18.6 Å². The lowest BCUT2D eigenvalue weighted by Gasteiger charge is -2.26. The van der Waals surface area contributed by atoms with E-state index in [1.54, 1.807) is 50.6 Å². The Kier molecular flexibility index (Phi) is 6.50. The first-order valence-electron chi connectivity index (χ1n) is 10.4. The minimum Gasteiger partial charge on any atom is -0.493 e. The Bertz CT molecular complexity index is 1380. The summed E-state index contributed by atoms with van der Waals surface area (Å²) in [4.78, 5) is 31.5. The molecule has 3 aromatic rings. The molecule has 0 N–H and O–H groups in total. The summed E-state index contributed by atoms with van der Waals surface area (Å²) in [5.41, 5.74) is 1.06. The first-order chi connectivity index (χ1) is 16.0. The summed E-state index contributed by atoms with van der Waals surface area (Å²) in [7, 11) is 2.86. The van der Waals surface area contributed by atoms with E-state index in [4.69, 9.17) is 18.6 Å². The van der Waals surface area contributed by atoms with E-state index in [2.05, 4.69) is 4.99 Å². The molecular formula is C24H24N2O6S. The van der Waals surface area contributed by atoms with Gasteiger partial charge in [-0.05, 0) is 31.5 Å². The van der Waals surface area contributed by atoms with Crippen molar-refractivity contribution in [2.75, 3.05) is 20.8 Å². The fraction of sp³-hybridized carbons (Fsp3) is 0.292. The van der Waals surface area contributed by atoms with Crippen LogP contribution in [0.4, 0.5) is 0 Å². The number of esters is 1. The van der Waals surface area contributed by atoms with Crippen molar-refractivity contribution in [2.24, 2.45) is 4.99 Å². The van der Waals surface area contributed by atoms with E-state index < -0.39 is 12.0 Å². The van der Waals surface area contributed by atoms with Gasteiger partial charge in [0, 0.05) is 11.6 Å². The van der Waals surface area contributed by atoms with Crippen LogP contribution in [0.25, 0.3) is 6.08 Å². The molecule has 0 fully saturated rings. The average Bonchev–Trinajstić information content (AvgIpc) is 3.44. The van der Waals surface area contributed by atoms with Gasteiger partial charge in [0.1, 0.15) is 11.8 Å². The van der Waals surface area contributed by atoms with Crippen LogP contribution < -0.4 is 24.4 Å². The highest BCUT2D eigenvalue weighted by atomic mass is 32.1. The van der Waals surface area contributed by atoms with E-state index in [9.17, 15) is 9.59 Å². The zero-order chi connectivity index (χ0) is 23.5. The first kappa shape index (κ1) is 22.6. The summed E-state index contributed by atoms with van der Waals surface area (Å²) in [5.74, 6) is 0.973. The van der Waals surface area contributed by atoms with Crippen LogP contribution in [-0.2, 0) is 9.53 Å². The topological polar surface area (TPSA) is 92.3 Å². The highest BCUT2D eigenvalue weighted by Gasteiger charge is 2.35. The molecule has 1 aliphatic rings. The molecule has 1 atom stereocenters. The smallest absolute Gasteiger partial charge is 0.338 e. The molecule has 2 aromatic heterocycles. The number of hydrogen-bond donors (Lipinski definition) is 0. The maximum absolute atomic E-state index is 13.6. The van der Waals surface area contributed by atoms with Gasteiger partial charge in [-0.2, -0.15) is 0 Å². The molecule has 9 heteroatoms. The molecule has 33 heavy (non-hydrogen) atoms. The quantitative estimate of drug-likeness (QED) is 0.495. The average molecular weight is 469 g/mol. The number of para-hydroxylation sites is 1. The largest absolute Gasteiger partial charge is 0.493 e. The van der Waals surface area contributed by atoms with E-state index in [1.807, 2.05) is 13.0 Å². The molecule has 0 bridgehead atoms. The second kappa shape index (κ2) is 9.50. The fourth-order valence-electron chi connectivity index (χ4n) is 3.76. The summed E-state index contributed by atoms with van der Waals surface area (Å²) in [6.07, 6.45) is 3.99. The molecule has 0 radical (unpaired) electrons. The Balaban J connectivity index is 2.02. The van der Waals surface area contributed by atoms with Crippen LogP contribution >= 0.6 is 11.3 Å². The molecule has 0 aliphatic carbocycles. The van der Waals surface area contributed by atoms with Crippen LogP contribution in [0.3, 0.4) is 0 Å². The summed E-state index contributed by atoms with van der Waals surface area (Å²) in [6, 6.07) is 8.12. The van der Waals surface area contributed by atoms with Gasteiger partial charge in [0.15, 0.2) is 16.3 Å². The van der Waals surface area contributed by atoms with Crippen LogP contribution in [0.15, 0.2) is 62.1 Å². The molecule has 1 aromatic carbocycles. The lowest BCUT2D eigenvalue weighted by atomic mass is 9.94. The normalized spacial score (nSPS) is 15.8. The van der Waals surface area contributed by atoms with Gasteiger partial charge in [0.05, 0.1) is 42.9 Å². The van der Waals surface area contributed by atoms with Gasteiger partial charge in [-0.3, -0.25) is 9.36 Å². The summed E-state index contributed by atoms with van der Waals surface area (Å²) in [6.45, 7) is 4.18. The van der Waals surface area contributed by atoms with E-state index in [0.717, 1.165) is 6.42 Å². The number of allylic oxidation sites excluding steroid dienone is 1. The van der Waals surface area contributed by atoms with Crippen molar-refractivity contribution >= 4 is 23.4 Å². The Labute approximate surface area is 194 Å². The number of rotatable bonds is 7. The number of hydrogen-bond acceptors (Lipinski definition) is 8. The van der Waals surface area contributed by atoms with Crippen molar-refractivity contribution in [1.82, 2.24) is 4.57 Å². The number of carbonyl (C=O) groups excluding carboxylic acids is 1. The third-order valence-electron chi connectivity index (χ3n) is 5.22. The molecule has 4 rings (SSSR count). The van der Waals surface area contributed by atoms with Crippen molar-refractivity contribution in [1.29, 1.82) is 0 Å². The predicted octanol–water partition coefficient (Wildman–Crippen LogP) is 2.80. The molecule has 3 heterocycles. The van der Waals surface area contributed by atoms with Crippen molar-refractivity contribution in [3.63, 3.8) is 0 Å². The third-order valence-corrected chi connectivity index (χ3v) is 6.20. The Morgan fingerprint density at radius 2 is 2.09 bits per heavy atom. The van der Waals surface area contributed by atoms with E-state index in [0.29, 0.717) is 44.5 Å². The first-order valence-corrected chi connectivity index (χ1v) is 11.3. The van der Waals surface area contributed by atoms with Crippen LogP contribution in [0.2, 0.25) is 0 Å². The zero-order valence-electron chi connectivity index (χ0n) is 18.8. The Morgan fingerprint density at radius 3 is 2.76 bits per heavy atom. The predicted molar refractivity (Wildman–Crippen MR) is 123 cm³/mol. The monoisotopic (exact) mass is 468 g/mol. The van der Waals surface area contributed by atoms with E-state index in [1.165, 1.54) is 23.0 Å². The van der Waals surface area contributed by atoms with Gasteiger partial charge in [-0.1, -0.05) is 30.4 Å². The van der Waals surface area contributed by atoms with Crippen LogP contribution in [0, 0.1) is 0 Å². The van der Waals surface area contributed by atoms with Gasteiger partial charge >= 0.3 is 5.97 Å². The second-order valence-electron chi connectivity index (χ2n) is 7.32. The van der Waals surface area contributed by atoms with Crippen molar-refractivity contribution in [3.8, 4) is 11.5 Å². The standard InChI is InChI=1S/C24H24N2O6S/c1-5-11-32-21-16(9-6-10-17(21)29-3)20-19(23(28)30-4)14(2)25-24-26(20)22(27)18(33-24)13-15-8-7-12-31-15/h6-10,12-13,20H,5,11H2,1-4H3/b18-13-/t20-/m0/s1. The summed E-state index contributed by atoms with van der Waals surface area (Å²) < 4.78 is 24.0. The zero-order valence-corrected chi connectivity index (χ0v) is 19.6. The van der Waals surface area contributed by atoms with Crippen LogP contribution in [0.1, 0.15) is 37.6 Å². The molecule has 0 saturated carbocycles. The second-order valence-corrected chi connectivity index (χ2v) is 8.32. The molecule has 0 amide bonds. The molecule has 0 saturated heterocycles. The highest BCUT2D eigenvalue weighted by Crippen LogP contribution is 2.40. The van der Waals surface area contributed by atoms with Gasteiger partial charge in [-0.25, -0.2) is 9.79 Å². The molecule has 1 aliphatic heterocycles. The lowest BCUT2D eigenvalue weighted by Crippen LogP contribution is -2.40. The summed E-state index contributed by atoms with van der Waals surface area (Å²) >= 11 is 1.23. The number of carbonyl (C=O) groups is 1. The van der Waals surface area contributed by atoms with E-state index in [-0.39, 0.29) is 11.1 Å². The maximum atomic E-state index is 13.6. The number of furan rings is 1. The summed E-state index contributed by atoms with van der Waals surface area (Å²) in [5, 5.41) is 0. The molecule has 0 spiro atoms. The third kappa shape index (κ3) is 4.11. The number of ether oxygens (including phenoxy) is 3.